The first kappa shape index (κ1) is 22.2. The normalized spacial score (nSPS) is 13.6. The molecule has 0 aliphatic carbocycles. The molecule has 0 saturated carbocycles. The minimum atomic E-state index is -3.75. The van der Waals surface area contributed by atoms with Crippen LogP contribution in [0.25, 0.3) is 0 Å². The summed E-state index contributed by atoms with van der Waals surface area (Å²) < 4.78 is 30.1. The lowest BCUT2D eigenvalue weighted by atomic mass is 9.99. The van der Waals surface area contributed by atoms with E-state index in [0.29, 0.717) is 0 Å². The minimum Gasteiger partial charge on any atom is -0.347 e. The molecule has 1 aromatic heterocycles. The summed E-state index contributed by atoms with van der Waals surface area (Å²) in [4.78, 5) is 13.0. The number of nitrogens with one attached hydrogen (secondary N) is 2. The number of hydrogen-bond donors (Lipinski definition) is 2. The van der Waals surface area contributed by atoms with E-state index in [4.69, 9.17) is 0 Å². The van der Waals surface area contributed by atoms with Crippen LogP contribution in [0.3, 0.4) is 0 Å². The van der Waals surface area contributed by atoms with E-state index in [1.54, 1.807) is 7.05 Å². The first-order chi connectivity index (χ1) is 14.3. The number of carbonyl (C=O) groups excluding carboxylic acids is 1. The number of rotatable bonds is 8. The first-order valence-electron chi connectivity index (χ1n) is 9.35. The summed E-state index contributed by atoms with van der Waals surface area (Å²) >= 11 is 3.39. The molecule has 158 valence electrons. The number of hydrogen-bond acceptors (Lipinski definition) is 4. The van der Waals surface area contributed by atoms with Crippen molar-refractivity contribution in [3.63, 3.8) is 0 Å². The van der Waals surface area contributed by atoms with Crippen molar-refractivity contribution in [2.75, 3.05) is 6.54 Å². The van der Waals surface area contributed by atoms with E-state index in [1.165, 1.54) is 17.1 Å². The van der Waals surface area contributed by atoms with Crippen LogP contribution in [0.1, 0.15) is 30.0 Å². The summed E-state index contributed by atoms with van der Waals surface area (Å²) in [5.41, 5.74) is 1.68. The molecule has 0 fully saturated rings. The summed E-state index contributed by atoms with van der Waals surface area (Å²) in [6.45, 7) is 1.83. The van der Waals surface area contributed by atoms with Crippen LogP contribution < -0.4 is 10.0 Å². The molecule has 7 nitrogen and oxygen atoms in total. The molecule has 0 aliphatic heterocycles. The Morgan fingerprint density at radius 1 is 1.10 bits per heavy atom. The van der Waals surface area contributed by atoms with Crippen molar-refractivity contribution in [1.29, 1.82) is 0 Å². The number of carbonyl (C=O) groups is 1. The molecule has 0 spiro atoms. The number of benzene rings is 2. The number of amides is 1. The van der Waals surface area contributed by atoms with Crippen LogP contribution in [-0.2, 0) is 21.9 Å². The third kappa shape index (κ3) is 5.56. The second-order valence-electron chi connectivity index (χ2n) is 6.95. The zero-order chi connectivity index (χ0) is 21.7. The van der Waals surface area contributed by atoms with Gasteiger partial charge in [-0.05, 0) is 30.2 Å². The predicted octanol–water partition coefficient (Wildman–Crippen LogP) is 3.12. The molecule has 2 aromatic carbocycles. The molecule has 3 rings (SSSR count). The Labute approximate surface area is 184 Å². The van der Waals surface area contributed by atoms with Crippen LogP contribution >= 0.6 is 15.9 Å². The summed E-state index contributed by atoms with van der Waals surface area (Å²) in [5, 5.41) is 6.88. The zero-order valence-corrected chi connectivity index (χ0v) is 19.0. The van der Waals surface area contributed by atoms with Crippen molar-refractivity contribution in [2.24, 2.45) is 7.05 Å². The van der Waals surface area contributed by atoms with Gasteiger partial charge in [0.25, 0.3) is 0 Å². The van der Waals surface area contributed by atoms with Gasteiger partial charge in [-0.2, -0.15) is 5.10 Å². The standard InChI is InChI=1S/C21H23BrN4O3S/c1-15(16-8-10-18(22)11-9-16)21(27)25-20(17-6-4-3-5-7-17)13-24-30(28,29)19-12-23-26(2)14-19/h3-12,14-15,20,24H,13H2,1-2H3,(H,25,27). The average Bonchev–Trinajstić information content (AvgIpc) is 3.19. The Hall–Kier alpha value is -2.49. The summed E-state index contributed by atoms with van der Waals surface area (Å²) in [5.74, 6) is -0.578. The highest BCUT2D eigenvalue weighted by Gasteiger charge is 2.23. The Morgan fingerprint density at radius 2 is 1.77 bits per heavy atom. The van der Waals surface area contributed by atoms with E-state index >= 15 is 0 Å². The van der Waals surface area contributed by atoms with Crippen molar-refractivity contribution in [2.45, 2.75) is 23.8 Å². The number of aromatic nitrogens is 2. The molecule has 2 N–H and O–H groups in total. The summed E-state index contributed by atoms with van der Waals surface area (Å²) in [7, 11) is -2.10. The fourth-order valence-electron chi connectivity index (χ4n) is 2.95. The van der Waals surface area contributed by atoms with E-state index in [1.807, 2.05) is 61.5 Å². The molecule has 3 aromatic rings. The summed E-state index contributed by atoms with van der Waals surface area (Å²) in [6, 6.07) is 16.3. The highest BCUT2D eigenvalue weighted by atomic mass is 79.9. The Morgan fingerprint density at radius 3 is 2.37 bits per heavy atom. The first-order valence-corrected chi connectivity index (χ1v) is 11.6. The smallest absolute Gasteiger partial charge is 0.243 e. The molecule has 2 atom stereocenters. The molecule has 30 heavy (non-hydrogen) atoms. The van der Waals surface area contributed by atoms with E-state index in [0.717, 1.165) is 15.6 Å². The third-order valence-corrected chi connectivity index (χ3v) is 6.66. The van der Waals surface area contributed by atoms with Gasteiger partial charge in [-0.25, -0.2) is 13.1 Å². The van der Waals surface area contributed by atoms with Gasteiger partial charge in [0.2, 0.25) is 15.9 Å². The van der Waals surface area contributed by atoms with Crippen LogP contribution in [0.5, 0.6) is 0 Å². The molecular formula is C21H23BrN4O3S. The van der Waals surface area contributed by atoms with Crippen molar-refractivity contribution in [1.82, 2.24) is 19.8 Å². The lowest BCUT2D eigenvalue weighted by Crippen LogP contribution is -2.39. The van der Waals surface area contributed by atoms with Crippen molar-refractivity contribution in [3.8, 4) is 0 Å². The fourth-order valence-corrected chi connectivity index (χ4v) is 4.25. The maximum Gasteiger partial charge on any atom is 0.243 e. The van der Waals surface area contributed by atoms with Crippen LogP contribution in [0, 0.1) is 0 Å². The fraction of sp³-hybridized carbons (Fsp3) is 0.238. The van der Waals surface area contributed by atoms with Crippen molar-refractivity contribution >= 4 is 31.9 Å². The predicted molar refractivity (Wildman–Crippen MR) is 118 cm³/mol. The molecule has 2 unspecified atom stereocenters. The molecule has 9 heteroatoms. The van der Waals surface area contributed by atoms with Crippen molar-refractivity contribution < 1.29 is 13.2 Å². The minimum absolute atomic E-state index is 0.0139. The van der Waals surface area contributed by atoms with E-state index < -0.39 is 16.1 Å². The van der Waals surface area contributed by atoms with Gasteiger partial charge in [-0.15, -0.1) is 0 Å². The molecule has 1 heterocycles. The van der Waals surface area contributed by atoms with Crippen LogP contribution in [0.2, 0.25) is 0 Å². The number of halogens is 1. The molecular weight excluding hydrogens is 468 g/mol. The zero-order valence-electron chi connectivity index (χ0n) is 16.6. The topological polar surface area (TPSA) is 93.1 Å². The Bertz CT molecular complexity index is 1100. The maximum absolute atomic E-state index is 12.9. The lowest BCUT2D eigenvalue weighted by Gasteiger charge is -2.22. The SMILES string of the molecule is CC(C(=O)NC(CNS(=O)(=O)c1cnn(C)c1)c1ccccc1)c1ccc(Br)cc1. The quantitative estimate of drug-likeness (QED) is 0.507. The Kier molecular flexibility index (Phi) is 7.06. The second kappa shape index (κ2) is 9.55. The Balaban J connectivity index is 1.76. The highest BCUT2D eigenvalue weighted by molar-refractivity contribution is 9.10. The second-order valence-corrected chi connectivity index (χ2v) is 9.63. The molecule has 0 aliphatic rings. The summed E-state index contributed by atoms with van der Waals surface area (Å²) in [6.07, 6.45) is 2.71. The molecule has 0 saturated heterocycles. The largest absolute Gasteiger partial charge is 0.347 e. The van der Waals surface area contributed by atoms with Gasteiger partial charge < -0.3 is 5.32 Å². The third-order valence-electron chi connectivity index (χ3n) is 4.75. The van der Waals surface area contributed by atoms with Gasteiger partial charge in [0.1, 0.15) is 4.90 Å². The van der Waals surface area contributed by atoms with Crippen LogP contribution in [-0.4, -0.2) is 30.7 Å². The van der Waals surface area contributed by atoms with Gasteiger partial charge in [-0.1, -0.05) is 58.4 Å². The van der Waals surface area contributed by atoms with E-state index in [2.05, 4.69) is 31.1 Å². The lowest BCUT2D eigenvalue weighted by molar-refractivity contribution is -0.122. The van der Waals surface area contributed by atoms with E-state index in [9.17, 15) is 13.2 Å². The highest BCUT2D eigenvalue weighted by Crippen LogP contribution is 2.21. The van der Waals surface area contributed by atoms with Gasteiger partial charge >= 0.3 is 0 Å². The van der Waals surface area contributed by atoms with Crippen LogP contribution in [0.15, 0.2) is 76.4 Å². The molecule has 1 amide bonds. The van der Waals surface area contributed by atoms with Crippen molar-refractivity contribution in [3.05, 3.63) is 82.6 Å². The van der Waals surface area contributed by atoms with Gasteiger partial charge in [0.05, 0.1) is 18.2 Å². The van der Waals surface area contributed by atoms with Crippen LogP contribution in [0.4, 0.5) is 0 Å². The number of aryl methyl sites for hydroxylation is 1. The molecule has 0 bridgehead atoms. The average molecular weight is 491 g/mol. The maximum atomic E-state index is 12.9. The van der Waals surface area contributed by atoms with Gasteiger partial charge in [-0.3, -0.25) is 9.48 Å². The van der Waals surface area contributed by atoms with Gasteiger partial charge in [0.15, 0.2) is 0 Å². The monoisotopic (exact) mass is 490 g/mol. The van der Waals surface area contributed by atoms with E-state index in [-0.39, 0.29) is 23.3 Å². The van der Waals surface area contributed by atoms with Gasteiger partial charge in [0, 0.05) is 24.3 Å². The molecule has 0 radical (unpaired) electrons. The number of nitrogens with zero attached hydrogens (tertiary/aromatic N) is 2. The number of sulfonamides is 1.